The minimum absolute atomic E-state index is 0.345. The van der Waals surface area contributed by atoms with Gasteiger partial charge in [-0.3, -0.25) is 0 Å². The van der Waals surface area contributed by atoms with E-state index < -0.39 is 0 Å². The molecule has 0 radical (unpaired) electrons. The Balaban J connectivity index is 1.56. The Morgan fingerprint density at radius 3 is 1.12 bits per heavy atom. The van der Waals surface area contributed by atoms with Crippen molar-refractivity contribution in [2.45, 2.75) is 219 Å². The maximum absolute atomic E-state index is 2.79. The Hall–Kier alpha value is -1.56. The van der Waals surface area contributed by atoms with Crippen molar-refractivity contribution in [3.8, 4) is 11.1 Å². The summed E-state index contributed by atoms with van der Waals surface area (Å²) >= 11 is 0. The highest BCUT2D eigenvalue weighted by Crippen LogP contribution is 2.72. The van der Waals surface area contributed by atoms with E-state index in [4.69, 9.17) is 0 Å². The number of hydrogen-bond donors (Lipinski definition) is 0. The molecule has 268 valence electrons. The fourth-order valence-electron chi connectivity index (χ4n) is 11.3. The van der Waals surface area contributed by atoms with Gasteiger partial charge in [0.05, 0.1) is 0 Å². The molecule has 0 N–H and O–H groups in total. The molecular formula is C48H76. The van der Waals surface area contributed by atoms with E-state index >= 15 is 0 Å². The molecule has 0 heterocycles. The third-order valence-electron chi connectivity index (χ3n) is 13.8. The van der Waals surface area contributed by atoms with Crippen molar-refractivity contribution in [3.05, 3.63) is 57.6 Å². The highest BCUT2D eigenvalue weighted by atomic mass is 14.7. The molecule has 3 aliphatic carbocycles. The SMILES string of the molecule is CCCCCCCC1CC23CC(CCCCCCC)CC2(C1)c1cc(C)c(CCCCCC)cc1-c1cc(CCCCCC)c(C)cc13. The van der Waals surface area contributed by atoms with Crippen LogP contribution in [0.15, 0.2) is 24.3 Å². The lowest BCUT2D eigenvalue weighted by Crippen LogP contribution is -2.43. The van der Waals surface area contributed by atoms with Gasteiger partial charge in [-0.25, -0.2) is 0 Å². The first-order chi connectivity index (χ1) is 23.4. The van der Waals surface area contributed by atoms with Gasteiger partial charge in [0.2, 0.25) is 0 Å². The van der Waals surface area contributed by atoms with Crippen LogP contribution in [0, 0.1) is 25.7 Å². The largest absolute Gasteiger partial charge is 0.0654 e. The fraction of sp³-hybridized carbons (Fsp3) is 0.750. The molecule has 2 fully saturated rings. The van der Waals surface area contributed by atoms with Gasteiger partial charge in [-0.15, -0.1) is 0 Å². The zero-order valence-electron chi connectivity index (χ0n) is 32.8. The van der Waals surface area contributed by atoms with Gasteiger partial charge >= 0.3 is 0 Å². The predicted octanol–water partition coefficient (Wildman–Crippen LogP) is 15.2. The monoisotopic (exact) mass is 653 g/mol. The van der Waals surface area contributed by atoms with Crippen molar-refractivity contribution < 1.29 is 0 Å². The van der Waals surface area contributed by atoms with Gasteiger partial charge in [0.15, 0.2) is 0 Å². The zero-order chi connectivity index (χ0) is 34.0. The first-order valence-electron chi connectivity index (χ1n) is 21.7. The molecule has 0 aliphatic heterocycles. The van der Waals surface area contributed by atoms with Crippen LogP contribution in [0.2, 0.25) is 0 Å². The number of fused-ring (bicyclic) bond motifs is 3. The minimum atomic E-state index is 0.345. The van der Waals surface area contributed by atoms with E-state index in [0.29, 0.717) is 10.8 Å². The molecule has 0 unspecified atom stereocenters. The normalized spacial score (nSPS) is 24.0. The molecular weight excluding hydrogens is 577 g/mol. The molecule has 0 saturated heterocycles. The summed E-state index contributed by atoms with van der Waals surface area (Å²) in [6.45, 7) is 14.3. The average molecular weight is 653 g/mol. The van der Waals surface area contributed by atoms with Crippen molar-refractivity contribution in [1.29, 1.82) is 0 Å². The Labute approximate surface area is 299 Å². The van der Waals surface area contributed by atoms with Gasteiger partial charge in [0, 0.05) is 10.8 Å². The Morgan fingerprint density at radius 2 is 0.771 bits per heavy atom. The predicted molar refractivity (Wildman–Crippen MR) is 213 cm³/mol. The van der Waals surface area contributed by atoms with E-state index in [2.05, 4.69) is 65.8 Å². The van der Waals surface area contributed by atoms with Crippen LogP contribution in [0.5, 0.6) is 0 Å². The second-order valence-electron chi connectivity index (χ2n) is 17.4. The minimum Gasteiger partial charge on any atom is -0.0654 e. The molecule has 5 rings (SSSR count). The maximum atomic E-state index is 2.79. The van der Waals surface area contributed by atoms with E-state index in [1.165, 1.54) is 167 Å². The average Bonchev–Trinajstić information content (AvgIpc) is 3.57. The first-order valence-corrected chi connectivity index (χ1v) is 21.7. The highest BCUT2D eigenvalue weighted by Gasteiger charge is 2.66. The van der Waals surface area contributed by atoms with Gasteiger partial charge in [-0.2, -0.15) is 0 Å². The maximum Gasteiger partial charge on any atom is 0.00617 e. The fourth-order valence-corrected chi connectivity index (χ4v) is 11.3. The molecule has 2 aromatic rings. The highest BCUT2D eigenvalue weighted by molar-refractivity contribution is 5.81. The van der Waals surface area contributed by atoms with E-state index in [9.17, 15) is 0 Å². The molecule has 2 saturated carbocycles. The molecule has 2 aromatic carbocycles. The lowest BCUT2D eigenvalue weighted by molar-refractivity contribution is 0.298. The van der Waals surface area contributed by atoms with Crippen LogP contribution in [0.1, 0.15) is 215 Å². The van der Waals surface area contributed by atoms with Crippen LogP contribution < -0.4 is 0 Å². The zero-order valence-corrected chi connectivity index (χ0v) is 32.8. The molecule has 0 amide bonds. The van der Waals surface area contributed by atoms with Crippen molar-refractivity contribution >= 4 is 0 Å². The van der Waals surface area contributed by atoms with Crippen LogP contribution in [0.3, 0.4) is 0 Å². The van der Waals surface area contributed by atoms with Crippen molar-refractivity contribution in [1.82, 2.24) is 0 Å². The van der Waals surface area contributed by atoms with Gasteiger partial charge in [-0.05, 0) is 122 Å². The summed E-state index contributed by atoms with van der Waals surface area (Å²) in [5.41, 5.74) is 14.1. The molecule has 0 heteroatoms. The van der Waals surface area contributed by atoms with Crippen molar-refractivity contribution in [2.75, 3.05) is 0 Å². The lowest BCUT2D eigenvalue weighted by atomic mass is 9.55. The third kappa shape index (κ3) is 8.15. The summed E-state index contributed by atoms with van der Waals surface area (Å²) in [7, 11) is 0. The molecule has 0 bridgehead atoms. The third-order valence-corrected chi connectivity index (χ3v) is 13.8. The van der Waals surface area contributed by atoms with Crippen LogP contribution in [-0.2, 0) is 23.7 Å². The van der Waals surface area contributed by atoms with Crippen molar-refractivity contribution in [2.24, 2.45) is 11.8 Å². The molecule has 0 atom stereocenters. The molecule has 48 heavy (non-hydrogen) atoms. The molecule has 0 nitrogen and oxygen atoms in total. The topological polar surface area (TPSA) is 0 Å². The Bertz CT molecular complexity index is 1170. The van der Waals surface area contributed by atoms with Crippen LogP contribution in [0.4, 0.5) is 0 Å². The standard InChI is InChI=1S/C48H76/c1-7-11-15-19-21-25-39-33-47-35-40(26-22-20-16-12-8-2)36-48(47,34-39)46-30-38(6)42(28-24-18-14-10-4)32-44(46)43-31-41(27-23-17-13-9-3)37(5)29-45(43)47/h29-32,39-40H,7-28,33-36H2,1-6H3. The van der Waals surface area contributed by atoms with Gasteiger partial charge < -0.3 is 0 Å². The van der Waals surface area contributed by atoms with E-state index in [0.717, 1.165) is 11.8 Å². The second kappa shape index (κ2) is 18.1. The summed E-state index contributed by atoms with van der Waals surface area (Å²) in [5.74, 6) is 1.78. The number of unbranched alkanes of at least 4 members (excludes halogenated alkanes) is 14. The van der Waals surface area contributed by atoms with Crippen LogP contribution in [-0.4, -0.2) is 0 Å². The van der Waals surface area contributed by atoms with Gasteiger partial charge in [0.25, 0.3) is 0 Å². The first kappa shape index (κ1) is 37.7. The summed E-state index contributed by atoms with van der Waals surface area (Å²) in [6, 6.07) is 11.1. The van der Waals surface area contributed by atoms with E-state index in [1.54, 1.807) is 44.5 Å². The number of rotatable bonds is 22. The quantitative estimate of drug-likeness (QED) is 0.111. The second-order valence-corrected chi connectivity index (χ2v) is 17.4. The summed E-state index contributed by atoms with van der Waals surface area (Å²) in [6.07, 6.45) is 36.2. The summed E-state index contributed by atoms with van der Waals surface area (Å²) < 4.78 is 0. The Morgan fingerprint density at radius 1 is 0.438 bits per heavy atom. The molecule has 0 aromatic heterocycles. The van der Waals surface area contributed by atoms with Crippen molar-refractivity contribution in [3.63, 3.8) is 0 Å². The van der Waals surface area contributed by atoms with Crippen LogP contribution >= 0.6 is 0 Å². The smallest absolute Gasteiger partial charge is 0.00617 e. The molecule has 0 spiro atoms. The number of hydrogen-bond acceptors (Lipinski definition) is 0. The van der Waals surface area contributed by atoms with Gasteiger partial charge in [-0.1, -0.05) is 168 Å². The number of benzene rings is 2. The summed E-state index contributed by atoms with van der Waals surface area (Å²) in [4.78, 5) is 0. The van der Waals surface area contributed by atoms with Crippen LogP contribution in [0.25, 0.3) is 11.1 Å². The lowest BCUT2D eigenvalue weighted by Gasteiger charge is -2.48. The number of aryl methyl sites for hydroxylation is 4. The van der Waals surface area contributed by atoms with E-state index in [1.807, 2.05) is 0 Å². The van der Waals surface area contributed by atoms with E-state index in [-0.39, 0.29) is 0 Å². The summed E-state index contributed by atoms with van der Waals surface area (Å²) in [5, 5.41) is 0. The van der Waals surface area contributed by atoms with Gasteiger partial charge in [0.1, 0.15) is 0 Å². The Kier molecular flexibility index (Phi) is 14.2. The molecule has 3 aliphatic rings.